The third kappa shape index (κ3) is 1.56. The summed E-state index contributed by atoms with van der Waals surface area (Å²) in [4.78, 5) is 22.5. The van der Waals surface area contributed by atoms with Gasteiger partial charge in [-0.3, -0.25) is 14.9 Å². The number of para-hydroxylation sites is 1. The number of aliphatic hydroxyl groups is 1. The van der Waals surface area contributed by atoms with Crippen LogP contribution < -0.4 is 5.32 Å². The number of nitrogens with one attached hydrogen (secondary N) is 1. The van der Waals surface area contributed by atoms with Crippen LogP contribution in [0.15, 0.2) is 24.3 Å². The van der Waals surface area contributed by atoms with E-state index in [0.717, 1.165) is 0 Å². The number of nitro groups is 1. The molecular formula is C12H12N2O6. The lowest BCUT2D eigenvalue weighted by Gasteiger charge is -2.37. The van der Waals surface area contributed by atoms with Crippen LogP contribution in [0.25, 0.3) is 0 Å². The van der Waals surface area contributed by atoms with E-state index >= 15 is 0 Å². The molecule has 0 aliphatic carbocycles. The topological polar surface area (TPSA) is 111 Å². The van der Waals surface area contributed by atoms with Crippen LogP contribution in [0.5, 0.6) is 0 Å². The van der Waals surface area contributed by atoms with Gasteiger partial charge in [0.25, 0.3) is 17.2 Å². The lowest BCUT2D eigenvalue weighted by atomic mass is 10.00. The van der Waals surface area contributed by atoms with Crippen LogP contribution >= 0.6 is 0 Å². The summed E-state index contributed by atoms with van der Waals surface area (Å²) in [7, 11) is 0. The maximum absolute atomic E-state index is 12.1. The molecule has 0 saturated carbocycles. The van der Waals surface area contributed by atoms with Gasteiger partial charge in [-0.05, 0) is 6.07 Å². The number of hydrogen-bond donors (Lipinski definition) is 2. The van der Waals surface area contributed by atoms with Crippen LogP contribution in [-0.4, -0.2) is 41.3 Å². The number of anilines is 1. The molecule has 0 radical (unpaired) electrons. The zero-order chi connectivity index (χ0) is 14.4. The highest BCUT2D eigenvalue weighted by atomic mass is 16.7. The molecule has 0 aromatic heterocycles. The number of carbonyl (C=O) groups excluding carboxylic acids is 1. The molecule has 2 aliphatic rings. The molecule has 8 heteroatoms. The first-order valence-electron chi connectivity index (χ1n) is 5.98. The van der Waals surface area contributed by atoms with Crippen LogP contribution in [-0.2, 0) is 20.1 Å². The molecule has 2 aliphatic heterocycles. The van der Waals surface area contributed by atoms with Gasteiger partial charge in [0, 0.05) is 10.5 Å². The number of carbonyl (C=O) groups is 1. The Balaban J connectivity index is 1.94. The Kier molecular flexibility index (Phi) is 2.75. The molecule has 1 fully saturated rings. The fourth-order valence-corrected chi connectivity index (χ4v) is 2.30. The number of rotatable bonds is 2. The van der Waals surface area contributed by atoms with Gasteiger partial charge in [0.2, 0.25) is 0 Å². The average Bonchev–Trinajstić information content (AvgIpc) is 2.73. The fraction of sp³-hybridized carbons (Fsp3) is 0.417. The lowest BCUT2D eigenvalue weighted by Crippen LogP contribution is -2.60. The molecule has 0 atom stereocenters. The summed E-state index contributed by atoms with van der Waals surface area (Å²) in [6, 6.07) is 6.81. The predicted molar refractivity (Wildman–Crippen MR) is 65.5 cm³/mol. The zero-order valence-electron chi connectivity index (χ0n) is 10.4. The van der Waals surface area contributed by atoms with Crippen LogP contribution in [0, 0.1) is 10.1 Å². The van der Waals surface area contributed by atoms with E-state index in [-0.39, 0.29) is 0 Å². The van der Waals surface area contributed by atoms with Crippen molar-refractivity contribution >= 4 is 11.6 Å². The number of benzene rings is 1. The number of ether oxygens (including phenoxy) is 2. The molecule has 0 bridgehead atoms. The molecule has 3 rings (SSSR count). The van der Waals surface area contributed by atoms with Crippen LogP contribution in [0.4, 0.5) is 5.69 Å². The number of aliphatic hydroxyl groups excluding tert-OH is 1. The van der Waals surface area contributed by atoms with E-state index in [2.05, 4.69) is 5.32 Å². The predicted octanol–water partition coefficient (Wildman–Crippen LogP) is -0.154. The monoisotopic (exact) mass is 280 g/mol. The second kappa shape index (κ2) is 4.23. The molecule has 2 heterocycles. The highest BCUT2D eigenvalue weighted by Gasteiger charge is 2.59. The van der Waals surface area contributed by atoms with Gasteiger partial charge < -0.3 is 19.9 Å². The molecule has 8 nitrogen and oxygen atoms in total. The van der Waals surface area contributed by atoms with Crippen molar-refractivity contribution in [2.75, 3.05) is 25.1 Å². The van der Waals surface area contributed by atoms with E-state index in [9.17, 15) is 20.0 Å². The molecule has 0 unspecified atom stereocenters. The van der Waals surface area contributed by atoms with Gasteiger partial charge in [0.15, 0.2) is 0 Å². The largest absolute Gasteiger partial charge is 0.389 e. The quantitative estimate of drug-likeness (QED) is 0.575. The summed E-state index contributed by atoms with van der Waals surface area (Å²) in [5.41, 5.74) is -0.696. The van der Waals surface area contributed by atoms with E-state index in [0.29, 0.717) is 11.3 Å². The van der Waals surface area contributed by atoms with Crippen molar-refractivity contribution < 1.29 is 24.3 Å². The highest BCUT2D eigenvalue weighted by Crippen LogP contribution is 2.43. The van der Waals surface area contributed by atoms with Gasteiger partial charge in [0.05, 0.1) is 5.69 Å². The fourth-order valence-electron chi connectivity index (χ4n) is 2.30. The Bertz CT molecular complexity index is 579. The van der Waals surface area contributed by atoms with E-state index in [1.165, 1.54) is 0 Å². The number of amides is 1. The second-order valence-electron chi connectivity index (χ2n) is 4.83. The molecule has 1 spiro atoms. The van der Waals surface area contributed by atoms with Crippen molar-refractivity contribution in [1.29, 1.82) is 0 Å². The van der Waals surface area contributed by atoms with Gasteiger partial charge in [-0.15, -0.1) is 0 Å². The van der Waals surface area contributed by atoms with Crippen molar-refractivity contribution in [1.82, 2.24) is 0 Å². The van der Waals surface area contributed by atoms with E-state index < -0.39 is 42.0 Å². The van der Waals surface area contributed by atoms with Crippen molar-refractivity contribution in [2.45, 2.75) is 11.3 Å². The first-order chi connectivity index (χ1) is 9.54. The average molecular weight is 280 g/mol. The normalized spacial score (nSPS) is 31.9. The lowest BCUT2D eigenvalue weighted by molar-refractivity contribution is -0.598. The molecule has 1 aromatic carbocycles. The van der Waals surface area contributed by atoms with Crippen molar-refractivity contribution in [3.63, 3.8) is 0 Å². The molecule has 1 amide bonds. The Labute approximate surface area is 113 Å². The Hall–Kier alpha value is -2.03. The maximum Gasteiger partial charge on any atom is 0.290 e. The smallest absolute Gasteiger partial charge is 0.290 e. The van der Waals surface area contributed by atoms with Gasteiger partial charge in [-0.1, -0.05) is 18.2 Å². The number of fused-ring (bicyclic) bond motifs is 2. The molecule has 20 heavy (non-hydrogen) atoms. The minimum atomic E-state index is -1.73. The van der Waals surface area contributed by atoms with Crippen molar-refractivity contribution in [2.24, 2.45) is 0 Å². The summed E-state index contributed by atoms with van der Waals surface area (Å²) >= 11 is 0. The summed E-state index contributed by atoms with van der Waals surface area (Å²) in [5, 5.41) is 22.8. The SMILES string of the molecule is O=C1Nc2ccccc2C12OCC(CO)([N+](=O)[O-])CO2. The third-order valence-electron chi connectivity index (χ3n) is 3.60. The third-order valence-corrected chi connectivity index (χ3v) is 3.60. The summed E-state index contributed by atoms with van der Waals surface area (Å²) in [6.07, 6.45) is 0. The van der Waals surface area contributed by atoms with Gasteiger partial charge >= 0.3 is 0 Å². The summed E-state index contributed by atoms with van der Waals surface area (Å²) in [6.45, 7) is -1.53. The zero-order valence-corrected chi connectivity index (χ0v) is 10.4. The minimum absolute atomic E-state index is 0.405. The molecule has 106 valence electrons. The molecule has 1 aromatic rings. The summed E-state index contributed by atoms with van der Waals surface area (Å²) in [5.74, 6) is -2.18. The van der Waals surface area contributed by atoms with Gasteiger partial charge in [-0.25, -0.2) is 0 Å². The standard InChI is InChI=1S/C12H12N2O6/c15-5-11(14(17)18)6-19-12(20-7-11)8-3-1-2-4-9(8)13-10(12)16/h1-4,15H,5-7H2,(H,13,16). The number of hydrogen-bond acceptors (Lipinski definition) is 6. The van der Waals surface area contributed by atoms with Gasteiger partial charge in [-0.2, -0.15) is 0 Å². The van der Waals surface area contributed by atoms with E-state index in [1.807, 2.05) is 0 Å². The van der Waals surface area contributed by atoms with E-state index in [1.54, 1.807) is 24.3 Å². The van der Waals surface area contributed by atoms with Crippen LogP contribution in [0.2, 0.25) is 0 Å². The maximum atomic E-state index is 12.1. The Morgan fingerprint density at radius 3 is 2.60 bits per heavy atom. The van der Waals surface area contributed by atoms with Crippen molar-refractivity contribution in [3.8, 4) is 0 Å². The van der Waals surface area contributed by atoms with Crippen molar-refractivity contribution in [3.05, 3.63) is 39.9 Å². The molecule has 2 N–H and O–H groups in total. The number of nitrogens with zero attached hydrogens (tertiary/aromatic N) is 1. The minimum Gasteiger partial charge on any atom is -0.389 e. The van der Waals surface area contributed by atoms with Crippen LogP contribution in [0.3, 0.4) is 0 Å². The van der Waals surface area contributed by atoms with E-state index in [4.69, 9.17) is 9.47 Å². The highest BCUT2D eigenvalue weighted by molar-refractivity contribution is 6.04. The molecule has 1 saturated heterocycles. The van der Waals surface area contributed by atoms with Gasteiger partial charge in [0.1, 0.15) is 19.8 Å². The Morgan fingerprint density at radius 1 is 1.35 bits per heavy atom. The molecular weight excluding hydrogens is 268 g/mol. The first-order valence-corrected chi connectivity index (χ1v) is 5.98. The first kappa shape index (κ1) is 13.0. The second-order valence-corrected chi connectivity index (χ2v) is 4.83. The van der Waals surface area contributed by atoms with Crippen LogP contribution in [0.1, 0.15) is 5.56 Å². The Morgan fingerprint density at radius 2 is 2.00 bits per heavy atom. The summed E-state index contributed by atoms with van der Waals surface area (Å²) < 4.78 is 10.8.